The summed E-state index contributed by atoms with van der Waals surface area (Å²) in [6.45, 7) is 6.96. The molecule has 31 heavy (non-hydrogen) atoms. The highest BCUT2D eigenvalue weighted by molar-refractivity contribution is 7.99. The zero-order valence-corrected chi connectivity index (χ0v) is 19.8. The maximum atomic E-state index is 13.1. The van der Waals surface area contributed by atoms with Gasteiger partial charge in [-0.15, -0.1) is 11.8 Å². The summed E-state index contributed by atoms with van der Waals surface area (Å²) in [4.78, 5) is 28.6. The average Bonchev–Trinajstić information content (AvgIpc) is 2.78. The molecule has 0 aromatic heterocycles. The van der Waals surface area contributed by atoms with Crippen LogP contribution in [0.4, 0.5) is 0 Å². The molecule has 0 aliphatic heterocycles. The van der Waals surface area contributed by atoms with E-state index in [4.69, 9.17) is 4.74 Å². The molecule has 0 aliphatic rings. The quantitative estimate of drug-likeness (QED) is 0.378. The van der Waals surface area contributed by atoms with Crippen LogP contribution in [0.15, 0.2) is 53.4 Å². The highest BCUT2D eigenvalue weighted by Gasteiger charge is 2.25. The number of aryl methyl sites for hydroxylation is 1. The predicted octanol–water partition coefficient (Wildman–Crippen LogP) is 4.82. The minimum atomic E-state index is -0.532. The lowest BCUT2D eigenvalue weighted by Crippen LogP contribution is -2.47. The molecule has 0 unspecified atom stereocenters. The molecule has 1 atom stereocenters. The first kappa shape index (κ1) is 24.8. The van der Waals surface area contributed by atoms with Crippen molar-refractivity contribution in [2.45, 2.75) is 57.5 Å². The number of methoxy groups -OCH3 is 1. The first-order valence-electron chi connectivity index (χ1n) is 10.8. The van der Waals surface area contributed by atoms with Crippen LogP contribution in [0.2, 0.25) is 0 Å². The Bertz CT molecular complexity index is 822. The van der Waals surface area contributed by atoms with E-state index in [1.165, 1.54) is 5.56 Å². The van der Waals surface area contributed by atoms with Crippen molar-refractivity contribution in [1.82, 2.24) is 10.2 Å². The summed E-state index contributed by atoms with van der Waals surface area (Å²) in [5.41, 5.74) is 2.18. The molecular formula is C25H34N2O3S. The molecule has 0 saturated carbocycles. The Morgan fingerprint density at radius 3 is 2.39 bits per heavy atom. The smallest absolute Gasteiger partial charge is 0.242 e. The van der Waals surface area contributed by atoms with Gasteiger partial charge >= 0.3 is 0 Å². The highest BCUT2D eigenvalue weighted by atomic mass is 32.2. The summed E-state index contributed by atoms with van der Waals surface area (Å²) >= 11 is 1.66. The fourth-order valence-corrected chi connectivity index (χ4v) is 3.92. The number of hydrogen-bond donors (Lipinski definition) is 1. The predicted molar refractivity (Wildman–Crippen MR) is 127 cm³/mol. The number of amides is 2. The van der Waals surface area contributed by atoms with Gasteiger partial charge < -0.3 is 15.0 Å². The maximum Gasteiger partial charge on any atom is 0.242 e. The molecule has 0 heterocycles. The summed E-state index contributed by atoms with van der Waals surface area (Å²) in [6, 6.07) is 15.4. The van der Waals surface area contributed by atoms with Gasteiger partial charge in [0.05, 0.1) is 7.11 Å². The van der Waals surface area contributed by atoms with Crippen molar-refractivity contribution < 1.29 is 14.3 Å². The van der Waals surface area contributed by atoms with Crippen LogP contribution >= 0.6 is 11.8 Å². The van der Waals surface area contributed by atoms with Crippen molar-refractivity contribution in [2.75, 3.05) is 19.4 Å². The zero-order chi connectivity index (χ0) is 22.6. The van der Waals surface area contributed by atoms with Gasteiger partial charge in [-0.25, -0.2) is 0 Å². The second kappa shape index (κ2) is 13.1. The molecule has 2 aromatic rings. The van der Waals surface area contributed by atoms with Gasteiger partial charge in [0, 0.05) is 30.2 Å². The van der Waals surface area contributed by atoms with Crippen LogP contribution < -0.4 is 10.1 Å². The Kier molecular flexibility index (Phi) is 10.4. The van der Waals surface area contributed by atoms with Crippen LogP contribution in [0.3, 0.4) is 0 Å². The Morgan fingerprint density at radius 1 is 1.10 bits per heavy atom. The third kappa shape index (κ3) is 8.29. The van der Waals surface area contributed by atoms with Crippen LogP contribution in [-0.4, -0.2) is 42.2 Å². The fraction of sp³-hybridized carbons (Fsp3) is 0.440. The van der Waals surface area contributed by atoms with Gasteiger partial charge in [0.1, 0.15) is 11.8 Å². The molecule has 2 amide bonds. The van der Waals surface area contributed by atoms with Crippen LogP contribution in [-0.2, 0) is 16.1 Å². The topological polar surface area (TPSA) is 58.6 Å². The first-order valence-corrected chi connectivity index (χ1v) is 11.8. The van der Waals surface area contributed by atoms with Crippen molar-refractivity contribution in [2.24, 2.45) is 0 Å². The van der Waals surface area contributed by atoms with Crippen LogP contribution in [0.1, 0.15) is 44.2 Å². The van der Waals surface area contributed by atoms with Gasteiger partial charge in [-0.05, 0) is 50.1 Å². The lowest BCUT2D eigenvalue weighted by Gasteiger charge is -2.29. The van der Waals surface area contributed by atoms with E-state index in [2.05, 4.69) is 43.4 Å². The van der Waals surface area contributed by atoms with Crippen molar-refractivity contribution in [3.63, 3.8) is 0 Å². The van der Waals surface area contributed by atoms with E-state index in [0.717, 1.165) is 29.1 Å². The molecule has 0 fully saturated rings. The molecule has 2 aromatic carbocycles. The molecule has 0 radical (unpaired) electrons. The number of unbranched alkanes of at least 4 members (excludes halogenated alkanes) is 1. The lowest BCUT2D eigenvalue weighted by molar-refractivity contribution is -0.140. The van der Waals surface area contributed by atoms with E-state index in [-0.39, 0.29) is 11.8 Å². The third-order valence-corrected chi connectivity index (χ3v) is 6.13. The number of rotatable bonds is 12. The molecule has 0 saturated heterocycles. The number of nitrogens with one attached hydrogen (secondary N) is 1. The number of nitrogens with zero attached hydrogens (tertiary/aromatic N) is 1. The van der Waals surface area contributed by atoms with Gasteiger partial charge in [0.25, 0.3) is 0 Å². The van der Waals surface area contributed by atoms with E-state index in [1.807, 2.05) is 24.3 Å². The summed E-state index contributed by atoms with van der Waals surface area (Å²) < 4.78 is 5.22. The minimum absolute atomic E-state index is 0.0198. The summed E-state index contributed by atoms with van der Waals surface area (Å²) in [5.74, 6) is 1.31. The van der Waals surface area contributed by atoms with E-state index >= 15 is 0 Å². The summed E-state index contributed by atoms with van der Waals surface area (Å²) in [5, 5.41) is 2.95. The normalized spacial score (nSPS) is 11.6. The maximum absolute atomic E-state index is 13.1. The second-order valence-corrected chi connectivity index (χ2v) is 8.77. The van der Waals surface area contributed by atoms with Gasteiger partial charge in [-0.3, -0.25) is 9.59 Å². The summed E-state index contributed by atoms with van der Waals surface area (Å²) in [6.07, 6.45) is 2.32. The molecule has 6 heteroatoms. The zero-order valence-electron chi connectivity index (χ0n) is 19.0. The lowest BCUT2D eigenvalue weighted by atomic mass is 10.1. The number of hydrogen-bond acceptors (Lipinski definition) is 4. The van der Waals surface area contributed by atoms with Gasteiger partial charge in [0.15, 0.2) is 0 Å². The van der Waals surface area contributed by atoms with E-state index in [0.29, 0.717) is 25.3 Å². The van der Waals surface area contributed by atoms with Gasteiger partial charge in [-0.1, -0.05) is 43.2 Å². The number of carbonyl (C=O) groups is 2. The van der Waals surface area contributed by atoms with E-state index < -0.39 is 6.04 Å². The van der Waals surface area contributed by atoms with Crippen molar-refractivity contribution >= 4 is 23.6 Å². The third-order valence-electron chi connectivity index (χ3n) is 5.11. The SMILES string of the molecule is CCCCNC(=O)[C@H](C)N(Cc1ccc(OC)cc1)C(=O)CCSc1ccc(C)cc1. The second-order valence-electron chi connectivity index (χ2n) is 7.60. The molecule has 5 nitrogen and oxygen atoms in total. The van der Waals surface area contributed by atoms with Gasteiger partial charge in [-0.2, -0.15) is 0 Å². The van der Waals surface area contributed by atoms with Crippen molar-refractivity contribution in [3.8, 4) is 5.75 Å². The first-order chi connectivity index (χ1) is 14.9. The standard InChI is InChI=1S/C25H34N2O3S/c1-5-6-16-26-25(29)20(3)27(18-21-9-11-22(30-4)12-10-21)24(28)15-17-31-23-13-7-19(2)8-14-23/h7-14,20H,5-6,15-18H2,1-4H3,(H,26,29)/t20-/m0/s1. The molecule has 0 aliphatic carbocycles. The Hall–Kier alpha value is -2.47. The van der Waals surface area contributed by atoms with E-state index in [9.17, 15) is 9.59 Å². The summed E-state index contributed by atoms with van der Waals surface area (Å²) in [7, 11) is 1.62. The number of thioether (sulfide) groups is 1. The number of benzene rings is 2. The molecule has 2 rings (SSSR count). The highest BCUT2D eigenvalue weighted by Crippen LogP contribution is 2.21. The van der Waals surface area contributed by atoms with Crippen molar-refractivity contribution in [3.05, 3.63) is 59.7 Å². The van der Waals surface area contributed by atoms with E-state index in [1.54, 1.807) is 30.7 Å². The Morgan fingerprint density at radius 2 is 1.77 bits per heavy atom. The Balaban J connectivity index is 2.03. The van der Waals surface area contributed by atoms with Gasteiger partial charge in [0.2, 0.25) is 11.8 Å². The van der Waals surface area contributed by atoms with Crippen LogP contribution in [0.5, 0.6) is 5.75 Å². The average molecular weight is 443 g/mol. The minimum Gasteiger partial charge on any atom is -0.497 e. The monoisotopic (exact) mass is 442 g/mol. The van der Waals surface area contributed by atoms with Crippen molar-refractivity contribution in [1.29, 1.82) is 0 Å². The number of ether oxygens (including phenoxy) is 1. The molecule has 168 valence electrons. The Labute approximate surface area is 190 Å². The number of carbonyl (C=O) groups excluding carboxylic acids is 2. The molecule has 0 bridgehead atoms. The van der Waals surface area contributed by atoms with Crippen LogP contribution in [0.25, 0.3) is 0 Å². The molecular weight excluding hydrogens is 408 g/mol. The van der Waals surface area contributed by atoms with Crippen LogP contribution in [0, 0.1) is 6.92 Å². The molecule has 1 N–H and O–H groups in total. The largest absolute Gasteiger partial charge is 0.497 e. The molecule has 0 spiro atoms. The fourth-order valence-electron chi connectivity index (χ4n) is 3.08.